The standard InChI is InChI=1S/C14H19ClF2N2/c1-10-2-3-11(17)13(14(10)15)12(4-5-16)19-8-6-18-7-9-19/h2-3,12,18H,4-9H2,1H3/t12-/m0/s1. The third kappa shape index (κ3) is 3.25. The van der Waals surface area contributed by atoms with Crippen LogP contribution in [0.5, 0.6) is 0 Å². The van der Waals surface area contributed by atoms with Gasteiger partial charge in [-0.05, 0) is 25.0 Å². The van der Waals surface area contributed by atoms with Crippen molar-refractivity contribution >= 4 is 11.6 Å². The Morgan fingerprint density at radius 2 is 2.05 bits per heavy atom. The van der Waals surface area contributed by atoms with Crippen LogP contribution in [0.3, 0.4) is 0 Å². The van der Waals surface area contributed by atoms with E-state index < -0.39 is 6.67 Å². The highest BCUT2D eigenvalue weighted by atomic mass is 35.5. The Bertz CT molecular complexity index is 434. The fourth-order valence-electron chi connectivity index (χ4n) is 2.59. The Labute approximate surface area is 117 Å². The van der Waals surface area contributed by atoms with E-state index in [4.69, 9.17) is 11.6 Å². The highest BCUT2D eigenvalue weighted by molar-refractivity contribution is 6.32. The average molecular weight is 289 g/mol. The molecule has 1 N–H and O–H groups in total. The molecule has 0 radical (unpaired) electrons. The van der Waals surface area contributed by atoms with Crippen LogP contribution in [0.1, 0.15) is 23.6 Å². The van der Waals surface area contributed by atoms with Crippen LogP contribution < -0.4 is 5.32 Å². The molecule has 1 heterocycles. The zero-order valence-electron chi connectivity index (χ0n) is 11.1. The van der Waals surface area contributed by atoms with Gasteiger partial charge in [0.05, 0.1) is 11.7 Å². The van der Waals surface area contributed by atoms with Crippen LogP contribution in [-0.4, -0.2) is 37.8 Å². The molecule has 0 spiro atoms. The lowest BCUT2D eigenvalue weighted by Gasteiger charge is -2.35. The zero-order valence-corrected chi connectivity index (χ0v) is 11.8. The molecule has 0 aliphatic carbocycles. The van der Waals surface area contributed by atoms with Gasteiger partial charge in [-0.1, -0.05) is 17.7 Å². The van der Waals surface area contributed by atoms with Gasteiger partial charge in [-0.15, -0.1) is 0 Å². The predicted molar refractivity (Wildman–Crippen MR) is 73.9 cm³/mol. The molecule has 0 bridgehead atoms. The second-order valence-electron chi connectivity index (χ2n) is 4.87. The molecule has 106 valence electrons. The van der Waals surface area contributed by atoms with Crippen molar-refractivity contribution in [2.24, 2.45) is 0 Å². The maximum absolute atomic E-state index is 14.1. The van der Waals surface area contributed by atoms with Crippen LogP contribution in [0.2, 0.25) is 5.02 Å². The summed E-state index contributed by atoms with van der Waals surface area (Å²) in [6.45, 7) is 4.62. The van der Waals surface area contributed by atoms with Gasteiger partial charge >= 0.3 is 0 Å². The third-order valence-corrected chi connectivity index (χ3v) is 4.13. The lowest BCUT2D eigenvalue weighted by molar-refractivity contribution is 0.154. The minimum Gasteiger partial charge on any atom is -0.314 e. The van der Waals surface area contributed by atoms with Gasteiger partial charge < -0.3 is 5.32 Å². The van der Waals surface area contributed by atoms with E-state index in [1.807, 2.05) is 6.92 Å². The van der Waals surface area contributed by atoms with E-state index in [1.54, 1.807) is 6.07 Å². The van der Waals surface area contributed by atoms with E-state index in [1.165, 1.54) is 6.07 Å². The van der Waals surface area contributed by atoms with Gasteiger partial charge in [0.1, 0.15) is 5.82 Å². The van der Waals surface area contributed by atoms with Crippen molar-refractivity contribution in [2.75, 3.05) is 32.9 Å². The summed E-state index contributed by atoms with van der Waals surface area (Å²) in [7, 11) is 0. The van der Waals surface area contributed by atoms with Gasteiger partial charge in [-0.2, -0.15) is 0 Å². The maximum atomic E-state index is 14.1. The van der Waals surface area contributed by atoms with Gasteiger partial charge in [-0.3, -0.25) is 9.29 Å². The smallest absolute Gasteiger partial charge is 0.129 e. The normalized spacial score (nSPS) is 18.5. The summed E-state index contributed by atoms with van der Waals surface area (Å²) in [4.78, 5) is 2.11. The Balaban J connectivity index is 2.35. The van der Waals surface area contributed by atoms with Crippen molar-refractivity contribution in [3.05, 3.63) is 34.1 Å². The molecule has 19 heavy (non-hydrogen) atoms. The van der Waals surface area contributed by atoms with Gasteiger partial charge in [0.15, 0.2) is 0 Å². The summed E-state index contributed by atoms with van der Waals surface area (Å²) in [6.07, 6.45) is 0.278. The highest BCUT2D eigenvalue weighted by Crippen LogP contribution is 2.34. The molecule has 0 unspecified atom stereocenters. The van der Waals surface area contributed by atoms with E-state index in [-0.39, 0.29) is 18.3 Å². The first-order chi connectivity index (χ1) is 9.15. The van der Waals surface area contributed by atoms with Crippen molar-refractivity contribution in [2.45, 2.75) is 19.4 Å². The molecule has 0 saturated carbocycles. The van der Waals surface area contributed by atoms with Crippen LogP contribution in [0, 0.1) is 12.7 Å². The number of halogens is 3. The Hall–Kier alpha value is -0.710. The van der Waals surface area contributed by atoms with Gasteiger partial charge in [0.2, 0.25) is 0 Å². The van der Waals surface area contributed by atoms with Gasteiger partial charge in [0.25, 0.3) is 0 Å². The molecule has 0 amide bonds. The second-order valence-corrected chi connectivity index (χ2v) is 5.25. The zero-order chi connectivity index (χ0) is 13.8. The van der Waals surface area contributed by atoms with Crippen LogP contribution >= 0.6 is 11.6 Å². The largest absolute Gasteiger partial charge is 0.314 e. The first-order valence-corrected chi connectivity index (χ1v) is 6.98. The van der Waals surface area contributed by atoms with Crippen LogP contribution in [0.25, 0.3) is 0 Å². The Morgan fingerprint density at radius 1 is 1.37 bits per heavy atom. The summed E-state index contributed by atoms with van der Waals surface area (Å²) < 4.78 is 26.9. The molecule has 1 saturated heterocycles. The molecular formula is C14H19ClF2N2. The number of rotatable bonds is 4. The van der Waals surface area contributed by atoms with E-state index in [0.29, 0.717) is 10.6 Å². The van der Waals surface area contributed by atoms with Crippen molar-refractivity contribution < 1.29 is 8.78 Å². The monoisotopic (exact) mass is 288 g/mol. The lowest BCUT2D eigenvalue weighted by atomic mass is 9.99. The summed E-state index contributed by atoms with van der Waals surface area (Å²) in [5.41, 5.74) is 1.28. The lowest BCUT2D eigenvalue weighted by Crippen LogP contribution is -2.45. The molecule has 1 fully saturated rings. The maximum Gasteiger partial charge on any atom is 0.129 e. The molecule has 2 nitrogen and oxygen atoms in total. The molecule has 1 aromatic carbocycles. The third-order valence-electron chi connectivity index (χ3n) is 3.63. The van der Waals surface area contributed by atoms with Crippen LogP contribution in [-0.2, 0) is 0 Å². The van der Waals surface area contributed by atoms with Gasteiger partial charge in [-0.25, -0.2) is 4.39 Å². The SMILES string of the molecule is Cc1ccc(F)c([C@H](CCF)N2CCNCC2)c1Cl. The highest BCUT2D eigenvalue weighted by Gasteiger charge is 2.27. The molecule has 1 aliphatic heterocycles. The first-order valence-electron chi connectivity index (χ1n) is 6.60. The molecular weight excluding hydrogens is 270 g/mol. The molecule has 5 heteroatoms. The fourth-order valence-corrected chi connectivity index (χ4v) is 2.87. The minimum absolute atomic E-state index is 0.278. The number of aryl methyl sites for hydroxylation is 1. The summed E-state index contributed by atoms with van der Waals surface area (Å²) in [5, 5.41) is 3.67. The molecule has 1 aliphatic rings. The summed E-state index contributed by atoms with van der Waals surface area (Å²) >= 11 is 6.24. The van der Waals surface area contributed by atoms with E-state index in [9.17, 15) is 8.78 Å². The van der Waals surface area contributed by atoms with Crippen LogP contribution in [0.15, 0.2) is 12.1 Å². The molecule has 0 aromatic heterocycles. The number of nitrogens with zero attached hydrogens (tertiary/aromatic N) is 1. The second kappa shape index (κ2) is 6.64. The van der Waals surface area contributed by atoms with E-state index in [0.717, 1.165) is 31.7 Å². The average Bonchev–Trinajstić information content (AvgIpc) is 2.43. The van der Waals surface area contributed by atoms with Gasteiger partial charge in [0, 0.05) is 37.8 Å². The number of alkyl halides is 1. The van der Waals surface area contributed by atoms with Crippen molar-refractivity contribution in [3.63, 3.8) is 0 Å². The Kier molecular flexibility index (Phi) is 5.13. The predicted octanol–water partition coefficient (Wildman–Crippen LogP) is 3.09. The number of piperazine rings is 1. The topological polar surface area (TPSA) is 15.3 Å². The van der Waals surface area contributed by atoms with Crippen molar-refractivity contribution in [3.8, 4) is 0 Å². The number of hydrogen-bond acceptors (Lipinski definition) is 2. The van der Waals surface area contributed by atoms with Crippen molar-refractivity contribution in [1.82, 2.24) is 10.2 Å². The van der Waals surface area contributed by atoms with E-state index in [2.05, 4.69) is 10.2 Å². The minimum atomic E-state index is -0.474. The molecule has 2 rings (SSSR count). The van der Waals surface area contributed by atoms with Crippen LogP contribution in [0.4, 0.5) is 8.78 Å². The number of hydrogen-bond donors (Lipinski definition) is 1. The first kappa shape index (κ1) is 14.7. The molecule has 1 atom stereocenters. The Morgan fingerprint density at radius 3 is 2.68 bits per heavy atom. The van der Waals surface area contributed by atoms with Crippen molar-refractivity contribution in [1.29, 1.82) is 0 Å². The summed E-state index contributed by atoms with van der Waals surface area (Å²) in [6, 6.07) is 2.80. The summed E-state index contributed by atoms with van der Waals surface area (Å²) in [5.74, 6) is -0.340. The quantitative estimate of drug-likeness (QED) is 0.916. The van der Waals surface area contributed by atoms with E-state index >= 15 is 0 Å². The molecule has 1 aromatic rings. The fraction of sp³-hybridized carbons (Fsp3) is 0.571. The number of nitrogens with one attached hydrogen (secondary N) is 1. The number of benzene rings is 1.